The number of piperazine rings is 1. The monoisotopic (exact) mass is 979 g/mol. The topological polar surface area (TPSA) is 187 Å². The number of anilines is 5. The zero-order chi connectivity index (χ0) is 46.1. The van der Waals surface area contributed by atoms with Crippen LogP contribution in [0.15, 0.2) is 65.5 Å². The maximum Gasteiger partial charge on any atom is 0.255 e. The summed E-state index contributed by atoms with van der Waals surface area (Å²) in [5.74, 6) is 1.40. The summed E-state index contributed by atoms with van der Waals surface area (Å²) in [5.41, 5.74) is 6.48. The molecule has 3 amide bonds. The van der Waals surface area contributed by atoms with Crippen LogP contribution in [0.25, 0.3) is 11.0 Å². The molecule has 19 heteroatoms. The average molecular weight is 981 g/mol. The van der Waals surface area contributed by atoms with Gasteiger partial charge in [-0.25, -0.2) is 4.98 Å². The molecule has 0 radical (unpaired) electrons. The summed E-state index contributed by atoms with van der Waals surface area (Å²) >= 11 is 3.60. The zero-order valence-corrected chi connectivity index (χ0v) is 40.2. The van der Waals surface area contributed by atoms with Crippen LogP contribution in [0.5, 0.6) is 11.5 Å². The molecule has 3 fully saturated rings. The number of rotatable bonds is 14. The molecule has 1 unspecified atom stereocenters. The second kappa shape index (κ2) is 19.3. The SMILES string of the molecule is CCc1cc(Nc2ncc(Br)c(Nc3ccc4nccnc4c3P(C)(C)=O)n2)c(OC)cc1N1CCC(N2CCN(CCOc3ccc4c(c3)CN(C3CCC(=O)NC3=O)C4=O)CC2)CC1. The first-order chi connectivity index (χ1) is 31.9. The van der Waals surface area contributed by atoms with E-state index in [-0.39, 0.29) is 18.2 Å². The van der Waals surface area contributed by atoms with Gasteiger partial charge in [-0.1, -0.05) is 6.92 Å². The Morgan fingerprint density at radius 2 is 1.70 bits per heavy atom. The van der Waals surface area contributed by atoms with E-state index in [0.717, 1.165) is 76.3 Å². The number of nitrogens with one attached hydrogen (secondary N) is 3. The molecule has 6 heterocycles. The molecule has 0 bridgehead atoms. The Kier molecular flexibility index (Phi) is 13.3. The van der Waals surface area contributed by atoms with Crippen molar-refractivity contribution in [3.05, 3.63) is 82.2 Å². The van der Waals surface area contributed by atoms with Crippen LogP contribution in [0.4, 0.5) is 28.8 Å². The molecule has 3 N–H and O–H groups in total. The number of hydrogen-bond acceptors (Lipinski definition) is 15. The molecule has 3 aromatic carbocycles. The number of carbonyl (C=O) groups excluding carboxylic acids is 3. The maximum absolute atomic E-state index is 13.5. The number of ether oxygens (including phenoxy) is 2. The Morgan fingerprint density at radius 1 is 0.909 bits per heavy atom. The fourth-order valence-electron chi connectivity index (χ4n) is 9.65. The fourth-order valence-corrected chi connectivity index (χ4v) is 11.3. The summed E-state index contributed by atoms with van der Waals surface area (Å²) in [6.45, 7) is 13.2. The maximum atomic E-state index is 13.5. The molecule has 4 aliphatic heterocycles. The number of aromatic nitrogens is 4. The number of aryl methyl sites for hydroxylation is 1. The summed E-state index contributed by atoms with van der Waals surface area (Å²) in [4.78, 5) is 64.6. The van der Waals surface area contributed by atoms with Crippen molar-refractivity contribution in [2.24, 2.45) is 0 Å². The lowest BCUT2D eigenvalue weighted by molar-refractivity contribution is -0.136. The number of fused-ring (bicyclic) bond motifs is 2. The van der Waals surface area contributed by atoms with Crippen molar-refractivity contribution < 1.29 is 28.4 Å². The quantitative estimate of drug-likeness (QED) is 0.0880. The van der Waals surface area contributed by atoms with Crippen molar-refractivity contribution in [2.45, 2.75) is 57.7 Å². The van der Waals surface area contributed by atoms with Crippen molar-refractivity contribution in [3.63, 3.8) is 0 Å². The third kappa shape index (κ3) is 9.59. The van der Waals surface area contributed by atoms with Crippen molar-refractivity contribution in [3.8, 4) is 11.5 Å². The Bertz CT molecular complexity index is 2720. The van der Waals surface area contributed by atoms with Gasteiger partial charge < -0.3 is 34.5 Å². The lowest BCUT2D eigenvalue weighted by Gasteiger charge is -2.43. The molecule has 1 atom stereocenters. The van der Waals surface area contributed by atoms with E-state index in [9.17, 15) is 18.9 Å². The number of amides is 3. The predicted octanol–water partition coefficient (Wildman–Crippen LogP) is 5.91. The molecule has 4 aliphatic rings. The van der Waals surface area contributed by atoms with Crippen molar-refractivity contribution >= 4 is 86.0 Å². The highest BCUT2D eigenvalue weighted by atomic mass is 79.9. The summed E-state index contributed by atoms with van der Waals surface area (Å²) in [6, 6.07) is 13.4. The molecule has 0 spiro atoms. The van der Waals surface area contributed by atoms with Gasteiger partial charge in [0.05, 0.1) is 33.8 Å². The normalized spacial score (nSPS) is 18.7. The zero-order valence-electron chi connectivity index (χ0n) is 37.7. The van der Waals surface area contributed by atoms with Gasteiger partial charge in [-0.05, 0) is 102 Å². The van der Waals surface area contributed by atoms with Gasteiger partial charge in [0.1, 0.15) is 42.6 Å². The lowest BCUT2D eigenvalue weighted by atomic mass is 9.99. The summed E-state index contributed by atoms with van der Waals surface area (Å²) in [5, 5.41) is 9.75. The van der Waals surface area contributed by atoms with Crippen molar-refractivity contribution in [1.82, 2.24) is 40.0 Å². The van der Waals surface area contributed by atoms with E-state index < -0.39 is 19.1 Å². The average Bonchev–Trinajstić information content (AvgIpc) is 3.64. The summed E-state index contributed by atoms with van der Waals surface area (Å²) in [6.07, 6.45) is 8.49. The Morgan fingerprint density at radius 3 is 2.44 bits per heavy atom. The van der Waals surface area contributed by atoms with E-state index in [4.69, 9.17) is 14.5 Å². The number of halogens is 1. The number of carbonyl (C=O) groups is 3. The van der Waals surface area contributed by atoms with Gasteiger partial charge in [0.15, 0.2) is 0 Å². The van der Waals surface area contributed by atoms with Crippen LogP contribution in [-0.4, -0.2) is 137 Å². The highest BCUT2D eigenvalue weighted by molar-refractivity contribution is 9.10. The highest BCUT2D eigenvalue weighted by Crippen LogP contribution is 2.42. The first-order valence-electron chi connectivity index (χ1n) is 22.5. The van der Waals surface area contributed by atoms with Crippen LogP contribution < -0.4 is 35.6 Å². The van der Waals surface area contributed by atoms with Crippen LogP contribution in [0.2, 0.25) is 0 Å². The van der Waals surface area contributed by atoms with Crippen LogP contribution in [0.1, 0.15) is 54.1 Å². The number of piperidine rings is 2. The minimum atomic E-state index is -2.78. The molecule has 17 nitrogen and oxygen atoms in total. The van der Waals surface area contributed by atoms with Crippen molar-refractivity contribution in [2.75, 3.05) is 88.4 Å². The molecule has 0 saturated carbocycles. The van der Waals surface area contributed by atoms with Crippen molar-refractivity contribution in [1.29, 1.82) is 0 Å². The lowest BCUT2D eigenvalue weighted by Crippen LogP contribution is -2.53. The summed E-state index contributed by atoms with van der Waals surface area (Å²) in [7, 11) is -1.10. The Balaban J connectivity index is 0.769. The van der Waals surface area contributed by atoms with E-state index >= 15 is 0 Å². The standard InChI is InChI=1S/C47H55BrN11O6P/c1-5-29-25-37(53-47-51-27-34(48)44(55-47)52-36-9-8-35-42(50-15-14-49-35)43(36)66(3,4)63)40(64-2)26-39(29)58-16-12-31(13-17-58)57-20-18-56(19-21-57)22-23-65-32-6-7-33-30(24-32)28-59(46(33)62)38-10-11-41(60)54-45(38)61/h6-9,14-15,24-27,31,38H,5,10-13,16-23,28H2,1-4H3,(H,54,60,61)(H2,51,52,53,55). The largest absolute Gasteiger partial charge is 0.494 e. The predicted molar refractivity (Wildman–Crippen MR) is 259 cm³/mol. The first-order valence-corrected chi connectivity index (χ1v) is 25.9. The van der Waals surface area contributed by atoms with Crippen LogP contribution in [0.3, 0.4) is 0 Å². The van der Waals surface area contributed by atoms with Crippen LogP contribution >= 0.6 is 23.1 Å². The van der Waals surface area contributed by atoms with Gasteiger partial charge in [-0.3, -0.25) is 39.5 Å². The van der Waals surface area contributed by atoms with Crippen LogP contribution in [-0.2, 0) is 27.1 Å². The van der Waals surface area contributed by atoms with Gasteiger partial charge in [-0.2, -0.15) is 4.98 Å². The first kappa shape index (κ1) is 45.5. The van der Waals surface area contributed by atoms with Gasteiger partial charge in [-0.15, -0.1) is 0 Å². The van der Waals surface area contributed by atoms with Gasteiger partial charge >= 0.3 is 0 Å². The molecule has 9 rings (SSSR count). The third-order valence-corrected chi connectivity index (χ3v) is 15.2. The smallest absolute Gasteiger partial charge is 0.255 e. The van der Waals surface area contributed by atoms with E-state index in [1.165, 1.54) is 11.3 Å². The second-order valence-corrected chi connectivity index (χ2v) is 21.6. The Labute approximate surface area is 392 Å². The van der Waals surface area contributed by atoms with E-state index in [2.05, 4.69) is 80.6 Å². The molecule has 66 heavy (non-hydrogen) atoms. The molecule has 2 aromatic heterocycles. The fraction of sp³-hybridized carbons (Fsp3) is 0.426. The minimum Gasteiger partial charge on any atom is -0.494 e. The van der Waals surface area contributed by atoms with E-state index in [1.54, 1.807) is 50.0 Å². The van der Waals surface area contributed by atoms with E-state index in [0.29, 0.717) is 80.9 Å². The highest BCUT2D eigenvalue weighted by Gasteiger charge is 2.39. The minimum absolute atomic E-state index is 0.182. The van der Waals surface area contributed by atoms with Crippen LogP contribution in [0, 0.1) is 0 Å². The van der Waals surface area contributed by atoms with E-state index in [1.807, 2.05) is 24.3 Å². The number of methoxy groups -OCH3 is 1. The number of imide groups is 1. The molecular formula is C47H55BrN11O6P. The number of nitrogens with zero attached hydrogens (tertiary/aromatic N) is 8. The van der Waals surface area contributed by atoms with Gasteiger partial charge in [0.2, 0.25) is 17.8 Å². The number of hydrogen-bond donors (Lipinski definition) is 3. The number of benzene rings is 3. The molecule has 346 valence electrons. The second-order valence-electron chi connectivity index (χ2n) is 17.6. The molecule has 0 aliphatic carbocycles. The Hall–Kier alpha value is -5.68. The van der Waals surface area contributed by atoms with Gasteiger partial charge in [0.25, 0.3) is 5.91 Å². The van der Waals surface area contributed by atoms with Gasteiger partial charge in [0, 0.05) is 101 Å². The molecule has 3 saturated heterocycles. The summed E-state index contributed by atoms with van der Waals surface area (Å²) < 4.78 is 26.3. The third-order valence-electron chi connectivity index (χ3n) is 13.1. The molecule has 5 aromatic rings. The molecular weight excluding hydrogens is 925 g/mol.